The summed E-state index contributed by atoms with van der Waals surface area (Å²) >= 11 is 0. The van der Waals surface area contributed by atoms with Crippen molar-refractivity contribution in [3.63, 3.8) is 0 Å². The fourth-order valence-electron chi connectivity index (χ4n) is 3.38. The summed E-state index contributed by atoms with van der Waals surface area (Å²) in [5.41, 5.74) is 11.5. The fourth-order valence-corrected chi connectivity index (χ4v) is 3.38. The third-order valence-electron chi connectivity index (χ3n) is 5.09. The van der Waals surface area contributed by atoms with Crippen LogP contribution in [0.2, 0.25) is 0 Å². The van der Waals surface area contributed by atoms with E-state index in [2.05, 4.69) is 49.5 Å². The number of imidazole rings is 1. The van der Waals surface area contributed by atoms with Gasteiger partial charge in [0.05, 0.1) is 12.0 Å². The van der Waals surface area contributed by atoms with Crippen LogP contribution < -0.4 is 11.1 Å². The van der Waals surface area contributed by atoms with Crippen LogP contribution in [0.1, 0.15) is 36.6 Å². The second-order valence-electron chi connectivity index (χ2n) is 7.86. The number of furan rings is 1. The molecule has 0 unspecified atom stereocenters. The summed E-state index contributed by atoms with van der Waals surface area (Å²) in [6.45, 7) is 4.76. The molecule has 0 radical (unpaired) electrons. The minimum Gasteiger partial charge on any atom is -0.469 e. The Kier molecular flexibility index (Phi) is 6.65. The predicted octanol–water partition coefficient (Wildman–Crippen LogP) is 4.73. The Labute approximate surface area is 187 Å². The zero-order chi connectivity index (χ0) is 22.3. The van der Waals surface area contributed by atoms with E-state index in [0.717, 1.165) is 52.3 Å². The summed E-state index contributed by atoms with van der Waals surface area (Å²) in [7, 11) is 0. The average molecular weight is 429 g/mol. The first-order valence-corrected chi connectivity index (χ1v) is 10.8. The van der Waals surface area contributed by atoms with E-state index in [1.54, 1.807) is 18.7 Å². The third-order valence-corrected chi connectivity index (χ3v) is 5.09. The van der Waals surface area contributed by atoms with Gasteiger partial charge in [-0.3, -0.25) is 4.99 Å². The van der Waals surface area contributed by atoms with E-state index in [4.69, 9.17) is 10.2 Å². The van der Waals surface area contributed by atoms with Crippen LogP contribution in [-0.2, 0) is 19.4 Å². The molecule has 1 aromatic carbocycles. The van der Waals surface area contributed by atoms with Gasteiger partial charge in [0.1, 0.15) is 17.1 Å². The van der Waals surface area contributed by atoms with Gasteiger partial charge in [-0.1, -0.05) is 24.3 Å². The highest BCUT2D eigenvalue weighted by Gasteiger charge is 2.09. The Balaban J connectivity index is 1.42. The average Bonchev–Trinajstić information content (AvgIpc) is 3.47. The quantitative estimate of drug-likeness (QED) is 0.334. The van der Waals surface area contributed by atoms with E-state index in [9.17, 15) is 0 Å². The van der Waals surface area contributed by atoms with E-state index in [1.165, 1.54) is 0 Å². The third kappa shape index (κ3) is 5.24. The number of benzene rings is 1. The standard InChI is InChI=1S/C25H28N6O/c1-17(2)28-16-20(14-26)19-7-5-18(6-8-19)15-29-22-11-12-27-25-24(22)30-23(31-25)10-9-21-4-3-13-32-21/h3-8,11-14,16-17H,9-10,15,26H2,1-2H3,(H2,27,29,30,31)/b20-14+,28-16?. The maximum atomic E-state index is 5.78. The number of fused-ring (bicyclic) bond motifs is 1. The topological polar surface area (TPSA) is 105 Å². The molecule has 0 saturated heterocycles. The molecular formula is C25H28N6O. The van der Waals surface area contributed by atoms with Gasteiger partial charge >= 0.3 is 0 Å². The van der Waals surface area contributed by atoms with Crippen molar-refractivity contribution in [1.29, 1.82) is 0 Å². The Morgan fingerprint density at radius 3 is 2.75 bits per heavy atom. The van der Waals surface area contributed by atoms with Crippen molar-refractivity contribution in [3.05, 3.63) is 83.8 Å². The molecule has 164 valence electrons. The first-order valence-electron chi connectivity index (χ1n) is 10.8. The van der Waals surface area contributed by atoms with Crippen molar-refractivity contribution in [2.24, 2.45) is 10.7 Å². The first-order chi connectivity index (χ1) is 15.6. The van der Waals surface area contributed by atoms with Gasteiger partial charge in [0, 0.05) is 49.6 Å². The molecule has 0 amide bonds. The number of nitrogens with one attached hydrogen (secondary N) is 2. The summed E-state index contributed by atoms with van der Waals surface area (Å²) in [5.74, 6) is 1.84. The summed E-state index contributed by atoms with van der Waals surface area (Å²) in [4.78, 5) is 16.8. The van der Waals surface area contributed by atoms with Crippen LogP contribution in [0.5, 0.6) is 0 Å². The van der Waals surface area contributed by atoms with Gasteiger partial charge in [0.15, 0.2) is 5.65 Å². The molecule has 0 aliphatic carbocycles. The zero-order valence-electron chi connectivity index (χ0n) is 18.4. The fraction of sp³-hybridized carbons (Fsp3) is 0.240. The van der Waals surface area contributed by atoms with Gasteiger partial charge in [-0.05, 0) is 43.2 Å². The molecule has 0 fully saturated rings. The SMILES string of the molecule is CC(C)N=C/C(=C\N)c1ccc(CNc2ccnc3nc(CCc4ccco4)[nH]c23)cc1. The minimum absolute atomic E-state index is 0.235. The van der Waals surface area contributed by atoms with Gasteiger partial charge in [0.25, 0.3) is 0 Å². The van der Waals surface area contributed by atoms with Crippen LogP contribution in [-0.4, -0.2) is 27.2 Å². The maximum Gasteiger partial charge on any atom is 0.179 e. The molecule has 4 aromatic rings. The normalized spacial score (nSPS) is 12.3. The molecule has 7 nitrogen and oxygen atoms in total. The summed E-state index contributed by atoms with van der Waals surface area (Å²) in [5, 5.41) is 3.49. The Morgan fingerprint density at radius 1 is 1.19 bits per heavy atom. The zero-order valence-corrected chi connectivity index (χ0v) is 18.4. The second kappa shape index (κ2) is 9.96. The smallest absolute Gasteiger partial charge is 0.179 e. The van der Waals surface area contributed by atoms with Crippen LogP contribution in [0.3, 0.4) is 0 Å². The maximum absolute atomic E-state index is 5.78. The molecule has 0 spiro atoms. The lowest BCUT2D eigenvalue weighted by Gasteiger charge is -2.09. The van der Waals surface area contributed by atoms with Crippen LogP contribution in [0, 0.1) is 0 Å². The number of hydrogen-bond acceptors (Lipinski definition) is 6. The van der Waals surface area contributed by atoms with E-state index >= 15 is 0 Å². The molecule has 4 rings (SSSR count). The number of anilines is 1. The number of allylic oxidation sites excluding steroid dienone is 1. The highest BCUT2D eigenvalue weighted by molar-refractivity contribution is 6.09. The second-order valence-corrected chi connectivity index (χ2v) is 7.86. The molecule has 0 atom stereocenters. The largest absolute Gasteiger partial charge is 0.469 e. The van der Waals surface area contributed by atoms with Crippen molar-refractivity contribution in [1.82, 2.24) is 15.0 Å². The van der Waals surface area contributed by atoms with E-state index in [-0.39, 0.29) is 6.04 Å². The number of nitrogens with two attached hydrogens (primary N) is 1. The molecule has 0 aliphatic heterocycles. The van der Waals surface area contributed by atoms with Crippen LogP contribution in [0.4, 0.5) is 5.69 Å². The van der Waals surface area contributed by atoms with Crippen molar-refractivity contribution < 1.29 is 4.42 Å². The highest BCUT2D eigenvalue weighted by atomic mass is 16.3. The lowest BCUT2D eigenvalue weighted by Crippen LogP contribution is -2.01. The van der Waals surface area contributed by atoms with Crippen molar-refractivity contribution >= 4 is 28.6 Å². The molecule has 4 N–H and O–H groups in total. The van der Waals surface area contributed by atoms with Crippen molar-refractivity contribution in [2.45, 2.75) is 39.3 Å². The number of pyridine rings is 1. The van der Waals surface area contributed by atoms with Crippen LogP contribution in [0.15, 0.2) is 70.5 Å². The minimum atomic E-state index is 0.235. The predicted molar refractivity (Wildman–Crippen MR) is 130 cm³/mol. The number of hydrogen-bond donors (Lipinski definition) is 3. The summed E-state index contributed by atoms with van der Waals surface area (Å²) < 4.78 is 5.41. The monoisotopic (exact) mass is 428 g/mol. The van der Waals surface area contributed by atoms with Crippen LogP contribution in [0.25, 0.3) is 16.7 Å². The number of aliphatic imine (C=N–C) groups is 1. The van der Waals surface area contributed by atoms with Gasteiger partial charge in [-0.25, -0.2) is 9.97 Å². The van der Waals surface area contributed by atoms with Crippen LogP contribution >= 0.6 is 0 Å². The molecule has 7 heteroatoms. The van der Waals surface area contributed by atoms with E-state index in [0.29, 0.717) is 12.2 Å². The molecule has 0 aliphatic rings. The number of nitrogens with zero attached hydrogens (tertiary/aromatic N) is 3. The van der Waals surface area contributed by atoms with E-state index in [1.807, 2.05) is 38.3 Å². The lowest BCUT2D eigenvalue weighted by atomic mass is 10.1. The molecule has 3 aromatic heterocycles. The van der Waals surface area contributed by atoms with Crippen molar-refractivity contribution in [2.75, 3.05) is 5.32 Å². The number of rotatable bonds is 9. The first kappa shape index (κ1) is 21.4. The van der Waals surface area contributed by atoms with Gasteiger partial charge < -0.3 is 20.5 Å². The molecule has 3 heterocycles. The molecule has 0 bridgehead atoms. The Hall–Kier alpha value is -3.87. The van der Waals surface area contributed by atoms with Crippen molar-refractivity contribution in [3.8, 4) is 0 Å². The summed E-state index contributed by atoms with van der Waals surface area (Å²) in [6.07, 6.45) is 8.45. The number of H-pyrrole nitrogens is 1. The molecular weight excluding hydrogens is 400 g/mol. The summed E-state index contributed by atoms with van der Waals surface area (Å²) in [6, 6.07) is 14.4. The van der Waals surface area contributed by atoms with Gasteiger partial charge in [-0.15, -0.1) is 0 Å². The number of aromatic nitrogens is 3. The Bertz CT molecular complexity index is 1200. The Morgan fingerprint density at radius 2 is 2.03 bits per heavy atom. The van der Waals surface area contributed by atoms with Gasteiger partial charge in [0.2, 0.25) is 0 Å². The lowest BCUT2D eigenvalue weighted by molar-refractivity contribution is 0.507. The number of aryl methyl sites for hydroxylation is 2. The van der Waals surface area contributed by atoms with Gasteiger partial charge in [-0.2, -0.15) is 0 Å². The highest BCUT2D eigenvalue weighted by Crippen LogP contribution is 2.21. The number of aromatic amines is 1. The van der Waals surface area contributed by atoms with E-state index < -0.39 is 0 Å². The molecule has 0 saturated carbocycles. The molecule has 32 heavy (non-hydrogen) atoms.